The maximum absolute atomic E-state index is 3.51. The lowest BCUT2D eigenvalue weighted by Gasteiger charge is -2.26. The number of rotatable bonds is 3. The number of benzene rings is 1. The zero-order valence-corrected chi connectivity index (χ0v) is 12.8. The molecule has 0 aromatic heterocycles. The van der Waals surface area contributed by atoms with Crippen LogP contribution in [0.2, 0.25) is 0 Å². The second-order valence-corrected chi connectivity index (χ2v) is 6.44. The van der Waals surface area contributed by atoms with E-state index in [1.807, 2.05) is 0 Å². The molecule has 1 fully saturated rings. The normalized spacial score (nSPS) is 22.9. The second kappa shape index (κ2) is 6.51. The summed E-state index contributed by atoms with van der Waals surface area (Å²) in [6.07, 6.45) is 9.44. The summed E-state index contributed by atoms with van der Waals surface area (Å²) in [5.74, 6) is 0.962. The number of fused-ring (bicyclic) bond motifs is 1. The molecule has 2 aliphatic rings. The first-order valence-corrected chi connectivity index (χ1v) is 8.48. The van der Waals surface area contributed by atoms with Gasteiger partial charge in [-0.25, -0.2) is 0 Å². The third-order valence-electron chi connectivity index (χ3n) is 4.94. The predicted octanol–water partition coefficient (Wildman–Crippen LogP) is 4.45. The summed E-state index contributed by atoms with van der Waals surface area (Å²) in [5, 5.41) is 3.51. The Labute approximate surface area is 123 Å². The Hall–Kier alpha value is -1.18. The van der Waals surface area contributed by atoms with Gasteiger partial charge in [-0.05, 0) is 61.8 Å². The quantitative estimate of drug-likeness (QED) is 0.874. The van der Waals surface area contributed by atoms with Crippen molar-refractivity contribution in [3.05, 3.63) is 23.8 Å². The van der Waals surface area contributed by atoms with Gasteiger partial charge in [0.2, 0.25) is 0 Å². The molecule has 0 spiro atoms. The van der Waals surface area contributed by atoms with Gasteiger partial charge in [-0.1, -0.05) is 19.8 Å². The fourth-order valence-electron chi connectivity index (χ4n) is 3.78. The summed E-state index contributed by atoms with van der Waals surface area (Å²) in [7, 11) is 0. The van der Waals surface area contributed by atoms with Crippen LogP contribution in [-0.4, -0.2) is 19.6 Å². The van der Waals surface area contributed by atoms with Crippen molar-refractivity contribution < 1.29 is 0 Å². The molecule has 1 unspecified atom stereocenters. The Morgan fingerprint density at radius 3 is 3.05 bits per heavy atom. The van der Waals surface area contributed by atoms with Crippen LogP contribution < -0.4 is 10.2 Å². The largest absolute Gasteiger partial charge is 0.385 e. The maximum Gasteiger partial charge on any atom is 0.0374 e. The molecule has 0 saturated carbocycles. The lowest BCUT2D eigenvalue weighted by Crippen LogP contribution is -2.24. The molecule has 0 bridgehead atoms. The van der Waals surface area contributed by atoms with Gasteiger partial charge in [-0.3, -0.25) is 0 Å². The summed E-state index contributed by atoms with van der Waals surface area (Å²) in [4.78, 5) is 2.62. The molecule has 1 aromatic carbocycles. The van der Waals surface area contributed by atoms with Crippen LogP contribution in [0.15, 0.2) is 18.2 Å². The van der Waals surface area contributed by atoms with Crippen molar-refractivity contribution in [3.63, 3.8) is 0 Å². The summed E-state index contributed by atoms with van der Waals surface area (Å²) in [5.41, 5.74) is 4.33. The predicted molar refractivity (Wildman–Crippen MR) is 87.7 cm³/mol. The zero-order chi connectivity index (χ0) is 13.8. The Kier molecular flexibility index (Phi) is 4.49. The molecule has 2 nitrogen and oxygen atoms in total. The number of nitrogens with one attached hydrogen (secondary N) is 1. The van der Waals surface area contributed by atoms with Gasteiger partial charge in [0.25, 0.3) is 0 Å². The highest BCUT2D eigenvalue weighted by Gasteiger charge is 2.18. The zero-order valence-electron chi connectivity index (χ0n) is 12.8. The summed E-state index contributed by atoms with van der Waals surface area (Å²) in [6.45, 7) is 5.94. The van der Waals surface area contributed by atoms with Gasteiger partial charge in [0.1, 0.15) is 0 Å². The molecular formula is C18H28N2. The van der Waals surface area contributed by atoms with Crippen LogP contribution >= 0.6 is 0 Å². The molecule has 2 heterocycles. The van der Waals surface area contributed by atoms with Gasteiger partial charge in [0.15, 0.2) is 0 Å². The van der Waals surface area contributed by atoms with Crippen LogP contribution in [0.4, 0.5) is 11.4 Å². The minimum Gasteiger partial charge on any atom is -0.385 e. The molecule has 0 radical (unpaired) electrons. The van der Waals surface area contributed by atoms with Crippen molar-refractivity contribution in [3.8, 4) is 0 Å². The van der Waals surface area contributed by atoms with E-state index in [1.165, 1.54) is 75.0 Å². The smallest absolute Gasteiger partial charge is 0.0374 e. The second-order valence-electron chi connectivity index (χ2n) is 6.44. The van der Waals surface area contributed by atoms with Crippen molar-refractivity contribution in [1.82, 2.24) is 0 Å². The average molecular weight is 272 g/mol. The molecule has 1 aromatic rings. The topological polar surface area (TPSA) is 15.3 Å². The van der Waals surface area contributed by atoms with E-state index < -0.39 is 0 Å². The summed E-state index contributed by atoms with van der Waals surface area (Å²) >= 11 is 0. The van der Waals surface area contributed by atoms with Gasteiger partial charge >= 0.3 is 0 Å². The van der Waals surface area contributed by atoms with Crippen molar-refractivity contribution in [1.29, 1.82) is 0 Å². The molecule has 110 valence electrons. The van der Waals surface area contributed by atoms with E-state index in [4.69, 9.17) is 0 Å². The van der Waals surface area contributed by atoms with Crippen LogP contribution in [0.5, 0.6) is 0 Å². The van der Waals surface area contributed by atoms with Crippen molar-refractivity contribution >= 4 is 11.4 Å². The van der Waals surface area contributed by atoms with Crippen LogP contribution in [0.25, 0.3) is 0 Å². The first kappa shape index (κ1) is 13.8. The van der Waals surface area contributed by atoms with Crippen LogP contribution in [0.3, 0.4) is 0 Å². The van der Waals surface area contributed by atoms with Crippen LogP contribution in [0, 0.1) is 5.92 Å². The molecule has 1 atom stereocenters. The van der Waals surface area contributed by atoms with Gasteiger partial charge in [0.05, 0.1) is 0 Å². The monoisotopic (exact) mass is 272 g/mol. The Balaban J connectivity index is 1.69. The van der Waals surface area contributed by atoms with Crippen molar-refractivity contribution in [2.24, 2.45) is 5.92 Å². The fraction of sp³-hybridized carbons (Fsp3) is 0.667. The van der Waals surface area contributed by atoms with E-state index in [-0.39, 0.29) is 0 Å². The molecular weight excluding hydrogens is 244 g/mol. The third-order valence-corrected chi connectivity index (χ3v) is 4.94. The molecule has 20 heavy (non-hydrogen) atoms. The van der Waals surface area contributed by atoms with Gasteiger partial charge in [-0.2, -0.15) is 0 Å². The highest BCUT2D eigenvalue weighted by Crippen LogP contribution is 2.30. The minimum absolute atomic E-state index is 0.962. The summed E-state index contributed by atoms with van der Waals surface area (Å²) < 4.78 is 0. The van der Waals surface area contributed by atoms with Gasteiger partial charge in [-0.15, -0.1) is 0 Å². The molecule has 1 saturated heterocycles. The standard InChI is InChI=1S/C18H28N2/c1-2-5-15-6-4-12-20(13-10-15)17-8-9-18-16(14-17)7-3-11-19-18/h8-9,14-15,19H,2-7,10-13H2,1H3. The molecule has 1 N–H and O–H groups in total. The van der Waals surface area contributed by atoms with Gasteiger partial charge < -0.3 is 10.2 Å². The van der Waals surface area contributed by atoms with E-state index in [0.717, 1.165) is 12.5 Å². The highest BCUT2D eigenvalue weighted by molar-refractivity contribution is 5.61. The maximum atomic E-state index is 3.51. The number of hydrogen-bond donors (Lipinski definition) is 1. The van der Waals surface area contributed by atoms with Crippen molar-refractivity contribution in [2.45, 2.75) is 51.9 Å². The molecule has 0 aliphatic carbocycles. The SMILES string of the molecule is CCCC1CCCN(c2ccc3c(c2)CCCN3)CC1. The highest BCUT2D eigenvalue weighted by atomic mass is 15.1. The fourth-order valence-corrected chi connectivity index (χ4v) is 3.78. The molecule has 2 heteroatoms. The number of nitrogens with zero attached hydrogens (tertiary/aromatic N) is 1. The molecule has 3 rings (SSSR count). The van der Waals surface area contributed by atoms with E-state index in [9.17, 15) is 0 Å². The molecule has 2 aliphatic heterocycles. The summed E-state index contributed by atoms with van der Waals surface area (Å²) in [6, 6.07) is 7.04. The van der Waals surface area contributed by atoms with E-state index >= 15 is 0 Å². The first-order valence-electron chi connectivity index (χ1n) is 8.48. The third kappa shape index (κ3) is 3.11. The lowest BCUT2D eigenvalue weighted by atomic mass is 9.96. The van der Waals surface area contributed by atoms with Crippen molar-refractivity contribution in [2.75, 3.05) is 29.9 Å². The minimum atomic E-state index is 0.962. The van der Waals surface area contributed by atoms with E-state index in [0.29, 0.717) is 0 Å². The average Bonchev–Trinajstić information content (AvgIpc) is 2.73. The van der Waals surface area contributed by atoms with E-state index in [1.54, 1.807) is 0 Å². The Morgan fingerprint density at radius 2 is 2.15 bits per heavy atom. The Morgan fingerprint density at radius 1 is 1.20 bits per heavy atom. The molecule has 0 amide bonds. The lowest BCUT2D eigenvalue weighted by molar-refractivity contribution is 0.435. The first-order chi connectivity index (χ1) is 9.86. The van der Waals surface area contributed by atoms with Crippen LogP contribution in [-0.2, 0) is 6.42 Å². The number of aryl methyl sites for hydroxylation is 1. The Bertz CT molecular complexity index is 441. The van der Waals surface area contributed by atoms with E-state index in [2.05, 4.69) is 35.3 Å². The number of hydrogen-bond acceptors (Lipinski definition) is 2. The van der Waals surface area contributed by atoms with Crippen LogP contribution in [0.1, 0.15) is 51.0 Å². The van der Waals surface area contributed by atoms with Gasteiger partial charge in [0, 0.05) is 31.0 Å². The number of anilines is 2.